The number of ether oxygens (including phenoxy) is 1. The molecule has 65 valence electrons. The highest BCUT2D eigenvalue weighted by Crippen LogP contribution is 2.17. The lowest BCUT2D eigenvalue weighted by Gasteiger charge is -2.04. The second-order valence-corrected chi connectivity index (χ2v) is 3.50. The molecule has 0 atom stereocenters. The van der Waals surface area contributed by atoms with Gasteiger partial charge >= 0.3 is 0 Å². The predicted octanol–water partition coefficient (Wildman–Crippen LogP) is 3.43. The summed E-state index contributed by atoms with van der Waals surface area (Å²) in [7, 11) is 0. The van der Waals surface area contributed by atoms with E-state index in [1.54, 1.807) is 0 Å². The highest BCUT2D eigenvalue weighted by atomic mass is 79.9. The van der Waals surface area contributed by atoms with Gasteiger partial charge in [0.25, 0.3) is 0 Å². The van der Waals surface area contributed by atoms with Gasteiger partial charge in [-0.1, -0.05) is 29.3 Å². The van der Waals surface area contributed by atoms with Crippen LogP contribution in [0.4, 0.5) is 0 Å². The van der Waals surface area contributed by atoms with E-state index >= 15 is 0 Å². The fourth-order valence-corrected chi connectivity index (χ4v) is 1.20. The van der Waals surface area contributed by atoms with Gasteiger partial charge in [-0.3, -0.25) is 0 Å². The summed E-state index contributed by atoms with van der Waals surface area (Å²) in [6.45, 7) is 2.94. The van der Waals surface area contributed by atoms with Crippen molar-refractivity contribution < 1.29 is 4.74 Å². The Morgan fingerprint density at radius 2 is 2.33 bits per heavy atom. The van der Waals surface area contributed by atoms with Crippen LogP contribution in [0.2, 0.25) is 0 Å². The van der Waals surface area contributed by atoms with Crippen LogP contribution in [0.25, 0.3) is 0 Å². The van der Waals surface area contributed by atoms with E-state index in [4.69, 9.17) is 4.74 Å². The van der Waals surface area contributed by atoms with Gasteiger partial charge in [0.05, 0.1) is 6.61 Å². The molecule has 0 saturated carbocycles. The zero-order valence-corrected chi connectivity index (χ0v) is 8.73. The number of unbranched alkanes of at least 4 members (excludes halogenated alkanes) is 1. The maximum Gasteiger partial charge on any atom is 0.121 e. The normalized spacial score (nSPS) is 9.83. The number of hydrogen-bond acceptors (Lipinski definition) is 1. The van der Waals surface area contributed by atoms with E-state index in [9.17, 15) is 0 Å². The summed E-state index contributed by atoms with van der Waals surface area (Å²) in [4.78, 5) is 0. The summed E-state index contributed by atoms with van der Waals surface area (Å²) >= 11 is 3.36. The Hall–Kier alpha value is -0.500. The van der Waals surface area contributed by atoms with Crippen molar-refractivity contribution in [2.45, 2.75) is 19.8 Å². The van der Waals surface area contributed by atoms with E-state index in [-0.39, 0.29) is 0 Å². The minimum atomic E-state index is 0.792. The fraction of sp³-hybridized carbons (Fsp3) is 0.400. The summed E-state index contributed by atoms with van der Waals surface area (Å²) in [5.74, 6) is 0.887. The number of rotatable bonds is 4. The van der Waals surface area contributed by atoms with Gasteiger partial charge in [-0.2, -0.15) is 0 Å². The molecule has 0 bridgehead atoms. The molecule has 0 aliphatic carbocycles. The Morgan fingerprint density at radius 3 is 3.00 bits per heavy atom. The maximum absolute atomic E-state index is 5.47. The molecule has 2 heteroatoms. The van der Waals surface area contributed by atoms with Gasteiger partial charge in [-0.15, -0.1) is 0 Å². The number of benzene rings is 1. The summed E-state index contributed by atoms with van der Waals surface area (Å²) in [5, 5.41) is 0. The molecule has 1 radical (unpaired) electrons. The molecule has 0 fully saturated rings. The highest BCUT2D eigenvalue weighted by Gasteiger charge is 1.93. The van der Waals surface area contributed by atoms with Gasteiger partial charge in [-0.05, 0) is 30.7 Å². The first kappa shape index (κ1) is 9.59. The van der Waals surface area contributed by atoms with E-state index in [2.05, 4.69) is 28.9 Å². The molecule has 1 aromatic rings. The minimum Gasteiger partial charge on any atom is -0.494 e. The van der Waals surface area contributed by atoms with Gasteiger partial charge in [0.1, 0.15) is 5.75 Å². The average Bonchev–Trinajstić information content (AvgIpc) is 2.05. The predicted molar refractivity (Wildman–Crippen MR) is 53.4 cm³/mol. The molecule has 12 heavy (non-hydrogen) atoms. The highest BCUT2D eigenvalue weighted by molar-refractivity contribution is 9.10. The van der Waals surface area contributed by atoms with Gasteiger partial charge in [0.15, 0.2) is 0 Å². The fourth-order valence-electron chi connectivity index (χ4n) is 0.840. The van der Waals surface area contributed by atoms with E-state index in [0.717, 1.165) is 29.7 Å². The largest absolute Gasteiger partial charge is 0.494 e. The third-order valence-corrected chi connectivity index (χ3v) is 1.95. The summed E-state index contributed by atoms with van der Waals surface area (Å²) in [6, 6.07) is 8.65. The Balaban J connectivity index is 2.41. The SMILES string of the molecule is CCCCOc1c[c]cc(Br)c1. The van der Waals surface area contributed by atoms with Crippen molar-refractivity contribution in [3.8, 4) is 5.75 Å². The van der Waals surface area contributed by atoms with Crippen LogP contribution in [0.1, 0.15) is 19.8 Å². The molecular formula is C10H12BrO. The number of hydrogen-bond donors (Lipinski definition) is 0. The van der Waals surface area contributed by atoms with E-state index in [1.807, 2.05) is 18.2 Å². The van der Waals surface area contributed by atoms with Gasteiger partial charge in [-0.25, -0.2) is 0 Å². The topological polar surface area (TPSA) is 9.23 Å². The summed E-state index contributed by atoms with van der Waals surface area (Å²) in [5.41, 5.74) is 0. The second kappa shape index (κ2) is 5.20. The molecule has 1 aromatic carbocycles. The summed E-state index contributed by atoms with van der Waals surface area (Å²) < 4.78 is 6.48. The minimum absolute atomic E-state index is 0.792. The van der Waals surface area contributed by atoms with Crippen molar-refractivity contribution in [1.29, 1.82) is 0 Å². The van der Waals surface area contributed by atoms with Crippen molar-refractivity contribution in [3.63, 3.8) is 0 Å². The molecule has 0 saturated heterocycles. The molecule has 0 heterocycles. The van der Waals surface area contributed by atoms with Crippen LogP contribution in [0.5, 0.6) is 5.75 Å². The first-order valence-corrected chi connectivity index (χ1v) is 4.91. The van der Waals surface area contributed by atoms with Crippen molar-refractivity contribution in [1.82, 2.24) is 0 Å². The quantitative estimate of drug-likeness (QED) is 0.717. The molecule has 0 aliphatic rings. The Labute approximate surface area is 81.9 Å². The molecule has 1 nitrogen and oxygen atoms in total. The summed E-state index contributed by atoms with van der Waals surface area (Å²) in [6.07, 6.45) is 2.27. The smallest absolute Gasteiger partial charge is 0.121 e. The molecule has 0 aromatic heterocycles. The molecule has 0 amide bonds. The Morgan fingerprint density at radius 1 is 1.50 bits per heavy atom. The molecule has 0 aliphatic heterocycles. The van der Waals surface area contributed by atoms with Gasteiger partial charge < -0.3 is 4.74 Å². The van der Waals surface area contributed by atoms with Crippen LogP contribution in [-0.2, 0) is 0 Å². The lowest BCUT2D eigenvalue weighted by molar-refractivity contribution is 0.309. The average molecular weight is 228 g/mol. The maximum atomic E-state index is 5.47. The lowest BCUT2D eigenvalue weighted by Crippen LogP contribution is -1.95. The Bertz CT molecular complexity index is 235. The van der Waals surface area contributed by atoms with Crippen LogP contribution in [-0.4, -0.2) is 6.61 Å². The second-order valence-electron chi connectivity index (χ2n) is 2.59. The van der Waals surface area contributed by atoms with Crippen LogP contribution in [0.3, 0.4) is 0 Å². The lowest BCUT2D eigenvalue weighted by atomic mass is 10.3. The number of halogens is 1. The monoisotopic (exact) mass is 227 g/mol. The molecule has 0 unspecified atom stereocenters. The van der Waals surface area contributed by atoms with Crippen LogP contribution >= 0.6 is 15.9 Å². The van der Waals surface area contributed by atoms with Gasteiger partial charge in [0.2, 0.25) is 0 Å². The van der Waals surface area contributed by atoms with E-state index < -0.39 is 0 Å². The Kier molecular flexibility index (Phi) is 4.15. The third kappa shape index (κ3) is 3.26. The van der Waals surface area contributed by atoms with Crippen molar-refractivity contribution in [3.05, 3.63) is 28.7 Å². The zero-order valence-electron chi connectivity index (χ0n) is 7.14. The van der Waals surface area contributed by atoms with Gasteiger partial charge in [0, 0.05) is 4.47 Å². The van der Waals surface area contributed by atoms with E-state index in [1.165, 1.54) is 0 Å². The van der Waals surface area contributed by atoms with Crippen molar-refractivity contribution >= 4 is 15.9 Å². The molecule has 0 N–H and O–H groups in total. The first-order chi connectivity index (χ1) is 5.83. The van der Waals surface area contributed by atoms with E-state index in [0.29, 0.717) is 0 Å². The molecule has 1 rings (SSSR count). The van der Waals surface area contributed by atoms with Crippen LogP contribution in [0, 0.1) is 6.07 Å². The molecule has 0 spiro atoms. The first-order valence-electron chi connectivity index (χ1n) is 4.12. The molecular weight excluding hydrogens is 216 g/mol. The van der Waals surface area contributed by atoms with Crippen LogP contribution in [0.15, 0.2) is 22.7 Å². The zero-order chi connectivity index (χ0) is 8.81. The van der Waals surface area contributed by atoms with Crippen LogP contribution < -0.4 is 4.74 Å². The third-order valence-electron chi connectivity index (χ3n) is 1.49. The van der Waals surface area contributed by atoms with Crippen molar-refractivity contribution in [2.24, 2.45) is 0 Å². The van der Waals surface area contributed by atoms with Crippen molar-refractivity contribution in [2.75, 3.05) is 6.61 Å². The standard InChI is InChI=1S/C10H12BrO/c1-2-3-7-12-10-6-4-5-9(11)8-10/h5-6,8H,2-3,7H2,1H3.